The number of aryl methyl sites for hydroxylation is 1. The lowest BCUT2D eigenvalue weighted by Crippen LogP contribution is -2.43. The maximum absolute atomic E-state index is 6.05. The second-order valence-electron chi connectivity index (χ2n) is 4.95. The third kappa shape index (κ3) is 3.44. The Morgan fingerprint density at radius 2 is 2.29 bits per heavy atom. The van der Waals surface area contributed by atoms with E-state index in [9.17, 15) is 0 Å². The Bertz CT molecular complexity index is 378. The van der Waals surface area contributed by atoms with Gasteiger partial charge in [-0.25, -0.2) is 0 Å². The SMILES string of the molecule is CNC1CCCN(Cc2ccc(Cl)c(C)c2)C1. The molecule has 2 rings (SSSR count). The van der Waals surface area contributed by atoms with Crippen LogP contribution in [0.1, 0.15) is 24.0 Å². The number of piperidine rings is 1. The maximum Gasteiger partial charge on any atom is 0.0435 e. The van der Waals surface area contributed by atoms with Gasteiger partial charge in [0.25, 0.3) is 0 Å². The summed E-state index contributed by atoms with van der Waals surface area (Å²) in [6.07, 6.45) is 2.59. The van der Waals surface area contributed by atoms with E-state index in [0.717, 1.165) is 18.1 Å². The predicted octanol–water partition coefficient (Wildman–Crippen LogP) is 2.83. The van der Waals surface area contributed by atoms with Gasteiger partial charge in [0.2, 0.25) is 0 Å². The molecule has 3 heteroatoms. The molecule has 0 radical (unpaired) electrons. The van der Waals surface area contributed by atoms with Crippen molar-refractivity contribution >= 4 is 11.6 Å². The molecular formula is C14H21ClN2. The van der Waals surface area contributed by atoms with Crippen LogP contribution in [0.5, 0.6) is 0 Å². The van der Waals surface area contributed by atoms with Gasteiger partial charge in [0.15, 0.2) is 0 Å². The highest BCUT2D eigenvalue weighted by atomic mass is 35.5. The van der Waals surface area contributed by atoms with Crippen LogP contribution in [0.3, 0.4) is 0 Å². The number of benzene rings is 1. The lowest BCUT2D eigenvalue weighted by molar-refractivity contribution is 0.188. The van der Waals surface area contributed by atoms with Crippen LogP contribution in [0.25, 0.3) is 0 Å². The quantitative estimate of drug-likeness (QED) is 0.890. The monoisotopic (exact) mass is 252 g/mol. The van der Waals surface area contributed by atoms with Crippen molar-refractivity contribution in [2.24, 2.45) is 0 Å². The lowest BCUT2D eigenvalue weighted by Gasteiger charge is -2.32. The van der Waals surface area contributed by atoms with E-state index >= 15 is 0 Å². The minimum absolute atomic E-state index is 0.650. The summed E-state index contributed by atoms with van der Waals surface area (Å²) in [5, 5.41) is 4.24. The summed E-state index contributed by atoms with van der Waals surface area (Å²) >= 11 is 6.05. The highest BCUT2D eigenvalue weighted by Gasteiger charge is 2.18. The second kappa shape index (κ2) is 5.85. The molecule has 1 aliphatic heterocycles. The van der Waals surface area contributed by atoms with Gasteiger partial charge >= 0.3 is 0 Å². The Kier molecular flexibility index (Phi) is 4.43. The topological polar surface area (TPSA) is 15.3 Å². The molecule has 0 bridgehead atoms. The molecule has 1 saturated heterocycles. The van der Waals surface area contributed by atoms with Gasteiger partial charge in [-0.1, -0.05) is 23.7 Å². The van der Waals surface area contributed by atoms with Crippen LogP contribution in [0.15, 0.2) is 18.2 Å². The van der Waals surface area contributed by atoms with E-state index in [4.69, 9.17) is 11.6 Å². The largest absolute Gasteiger partial charge is 0.316 e. The molecule has 1 aromatic carbocycles. The molecule has 94 valence electrons. The predicted molar refractivity (Wildman–Crippen MR) is 73.5 cm³/mol. The van der Waals surface area contributed by atoms with E-state index in [1.54, 1.807) is 0 Å². The summed E-state index contributed by atoms with van der Waals surface area (Å²) in [4.78, 5) is 2.52. The van der Waals surface area contributed by atoms with Crippen molar-refractivity contribution in [3.05, 3.63) is 34.3 Å². The van der Waals surface area contributed by atoms with Gasteiger partial charge < -0.3 is 5.32 Å². The summed E-state index contributed by atoms with van der Waals surface area (Å²) in [7, 11) is 2.06. The zero-order chi connectivity index (χ0) is 12.3. The molecule has 1 heterocycles. The number of rotatable bonds is 3. The minimum Gasteiger partial charge on any atom is -0.316 e. The molecule has 1 fully saturated rings. The van der Waals surface area contributed by atoms with Crippen molar-refractivity contribution < 1.29 is 0 Å². The standard InChI is InChI=1S/C14H21ClN2/c1-11-8-12(5-6-14(11)15)9-17-7-3-4-13(10-17)16-2/h5-6,8,13,16H,3-4,7,9-10H2,1-2H3. The van der Waals surface area contributed by atoms with Crippen molar-refractivity contribution in [2.45, 2.75) is 32.4 Å². The first-order valence-electron chi connectivity index (χ1n) is 6.33. The molecule has 17 heavy (non-hydrogen) atoms. The number of likely N-dealkylation sites (tertiary alicyclic amines) is 1. The molecule has 1 atom stereocenters. The van der Waals surface area contributed by atoms with Crippen LogP contribution in [-0.4, -0.2) is 31.1 Å². The molecule has 1 unspecified atom stereocenters. The first-order chi connectivity index (χ1) is 8.19. The lowest BCUT2D eigenvalue weighted by atomic mass is 10.0. The second-order valence-corrected chi connectivity index (χ2v) is 5.35. The highest BCUT2D eigenvalue weighted by molar-refractivity contribution is 6.31. The van der Waals surface area contributed by atoms with E-state index in [1.165, 1.54) is 30.5 Å². The molecule has 1 aliphatic rings. The summed E-state index contributed by atoms with van der Waals surface area (Å²) in [5.74, 6) is 0. The number of hydrogen-bond acceptors (Lipinski definition) is 2. The first-order valence-corrected chi connectivity index (χ1v) is 6.71. The van der Waals surface area contributed by atoms with Gasteiger partial charge in [0.1, 0.15) is 0 Å². The van der Waals surface area contributed by atoms with Gasteiger partial charge in [0, 0.05) is 24.2 Å². The fourth-order valence-electron chi connectivity index (χ4n) is 2.50. The van der Waals surface area contributed by atoms with Crippen molar-refractivity contribution in [3.63, 3.8) is 0 Å². The Morgan fingerprint density at radius 1 is 1.47 bits per heavy atom. The summed E-state index contributed by atoms with van der Waals surface area (Å²) in [6, 6.07) is 6.99. The van der Waals surface area contributed by atoms with Crippen LogP contribution < -0.4 is 5.32 Å². The van der Waals surface area contributed by atoms with Gasteiger partial charge in [-0.15, -0.1) is 0 Å². The zero-order valence-corrected chi connectivity index (χ0v) is 11.4. The van der Waals surface area contributed by atoms with E-state index in [1.807, 2.05) is 6.07 Å². The zero-order valence-electron chi connectivity index (χ0n) is 10.7. The van der Waals surface area contributed by atoms with Crippen molar-refractivity contribution in [2.75, 3.05) is 20.1 Å². The summed E-state index contributed by atoms with van der Waals surface area (Å²) in [6.45, 7) is 5.46. The number of nitrogens with one attached hydrogen (secondary N) is 1. The van der Waals surface area contributed by atoms with Crippen molar-refractivity contribution in [1.82, 2.24) is 10.2 Å². The summed E-state index contributed by atoms with van der Waals surface area (Å²) in [5.41, 5.74) is 2.54. The average Bonchev–Trinajstić information content (AvgIpc) is 2.34. The Morgan fingerprint density at radius 3 is 3.00 bits per heavy atom. The Labute approximate surface area is 109 Å². The van der Waals surface area contributed by atoms with Crippen molar-refractivity contribution in [3.8, 4) is 0 Å². The molecule has 0 spiro atoms. The molecular weight excluding hydrogens is 232 g/mol. The number of halogens is 1. The molecule has 0 saturated carbocycles. The molecule has 0 aliphatic carbocycles. The Hall–Kier alpha value is -0.570. The Balaban J connectivity index is 1.97. The van der Waals surface area contributed by atoms with Crippen LogP contribution in [0.2, 0.25) is 5.02 Å². The van der Waals surface area contributed by atoms with Gasteiger partial charge in [-0.05, 0) is 50.6 Å². The van der Waals surface area contributed by atoms with E-state index in [-0.39, 0.29) is 0 Å². The molecule has 0 aromatic heterocycles. The van der Waals surface area contributed by atoms with Gasteiger partial charge in [-0.2, -0.15) is 0 Å². The fourth-order valence-corrected chi connectivity index (χ4v) is 2.62. The minimum atomic E-state index is 0.650. The maximum atomic E-state index is 6.05. The third-order valence-corrected chi connectivity index (χ3v) is 3.97. The fraction of sp³-hybridized carbons (Fsp3) is 0.571. The average molecular weight is 253 g/mol. The van der Waals surface area contributed by atoms with Crippen LogP contribution in [0, 0.1) is 6.92 Å². The molecule has 1 N–H and O–H groups in total. The molecule has 1 aromatic rings. The first kappa shape index (κ1) is 12.9. The van der Waals surface area contributed by atoms with Crippen molar-refractivity contribution in [1.29, 1.82) is 0 Å². The number of likely N-dealkylation sites (N-methyl/N-ethyl adjacent to an activating group) is 1. The van der Waals surface area contributed by atoms with Crippen LogP contribution in [-0.2, 0) is 6.54 Å². The van der Waals surface area contributed by atoms with Gasteiger partial charge in [-0.3, -0.25) is 4.90 Å². The molecule has 2 nitrogen and oxygen atoms in total. The van der Waals surface area contributed by atoms with Crippen LogP contribution in [0.4, 0.5) is 0 Å². The van der Waals surface area contributed by atoms with E-state index in [0.29, 0.717) is 6.04 Å². The van der Waals surface area contributed by atoms with E-state index in [2.05, 4.69) is 36.3 Å². The molecule has 0 amide bonds. The number of hydrogen-bond donors (Lipinski definition) is 1. The summed E-state index contributed by atoms with van der Waals surface area (Å²) < 4.78 is 0. The van der Waals surface area contributed by atoms with E-state index < -0.39 is 0 Å². The van der Waals surface area contributed by atoms with Gasteiger partial charge in [0.05, 0.1) is 0 Å². The third-order valence-electron chi connectivity index (χ3n) is 3.54. The van der Waals surface area contributed by atoms with Crippen LogP contribution >= 0.6 is 11.6 Å². The normalized spacial score (nSPS) is 21.7. The smallest absolute Gasteiger partial charge is 0.0435 e. The number of nitrogens with zero attached hydrogens (tertiary/aromatic N) is 1. The highest BCUT2D eigenvalue weighted by Crippen LogP contribution is 2.19.